The molecule has 0 atom stereocenters. The molecule has 42 heavy (non-hydrogen) atoms. The summed E-state index contributed by atoms with van der Waals surface area (Å²) in [5, 5.41) is 7.37. The topological polar surface area (TPSA) is 201 Å². The third-order valence-electron chi connectivity index (χ3n) is 5.46. The number of rotatable bonds is 11. The van der Waals surface area contributed by atoms with Crippen molar-refractivity contribution in [2.45, 2.75) is 6.54 Å². The standard InChI is InChI=1S/C26H23ClN2O11P2/c27-20-2-1-3-21(13-20)29-26(31)19-6-5-18-12-22(8-7-17(18)11-19)38-15-25(30)28-14-16-4-9-23(39-41(32,33)34)24(10-16)40-42(35,36)37/h1-13H,14-15H2,(H,28,30)(H,29,31)(H2,32,33,34)(H2,35,36,37). The Kier molecular flexibility index (Phi) is 9.55. The van der Waals surface area contributed by atoms with Crippen molar-refractivity contribution >= 4 is 55.5 Å². The highest BCUT2D eigenvalue weighted by Gasteiger charge is 2.24. The van der Waals surface area contributed by atoms with Crippen LogP contribution in [0.25, 0.3) is 10.8 Å². The molecule has 0 aliphatic heterocycles. The van der Waals surface area contributed by atoms with Gasteiger partial charge in [-0.2, -0.15) is 0 Å². The van der Waals surface area contributed by atoms with Gasteiger partial charge in [-0.05, 0) is 70.9 Å². The normalized spacial score (nSPS) is 11.5. The maximum absolute atomic E-state index is 12.6. The number of nitrogens with one attached hydrogen (secondary N) is 2. The summed E-state index contributed by atoms with van der Waals surface area (Å²) < 4.78 is 36.8. The SMILES string of the molecule is O=C(COc1ccc2cc(C(=O)Nc3cccc(Cl)c3)ccc2c1)NCc1ccc(OP(=O)(O)O)c(OP(=O)(O)O)c1. The summed E-state index contributed by atoms with van der Waals surface area (Å²) in [7, 11) is -10.1. The quantitative estimate of drug-likeness (QED) is 0.128. The fraction of sp³-hybridized carbons (Fsp3) is 0.0769. The molecule has 13 nitrogen and oxygen atoms in total. The van der Waals surface area contributed by atoms with Crippen molar-refractivity contribution in [1.82, 2.24) is 5.32 Å². The zero-order valence-corrected chi connectivity index (χ0v) is 23.9. The number of carbonyl (C=O) groups is 2. The predicted octanol–water partition coefficient (Wildman–Crippen LogP) is 4.38. The molecule has 0 heterocycles. The summed E-state index contributed by atoms with van der Waals surface area (Å²) in [4.78, 5) is 61.1. The smallest absolute Gasteiger partial charge is 0.484 e. The monoisotopic (exact) mass is 636 g/mol. The summed E-state index contributed by atoms with van der Waals surface area (Å²) in [6.07, 6.45) is 0. The second-order valence-electron chi connectivity index (χ2n) is 8.70. The van der Waals surface area contributed by atoms with Crippen molar-refractivity contribution in [3.8, 4) is 17.2 Å². The number of anilines is 1. The van der Waals surface area contributed by atoms with Crippen LogP contribution in [0.3, 0.4) is 0 Å². The number of phosphoric acid groups is 2. The van der Waals surface area contributed by atoms with E-state index in [1.807, 2.05) is 0 Å². The Morgan fingerprint density at radius 1 is 0.786 bits per heavy atom. The molecule has 0 saturated carbocycles. The Hall–Kier alpha value is -3.93. The molecule has 4 aromatic carbocycles. The van der Waals surface area contributed by atoms with Crippen LogP contribution >= 0.6 is 27.2 Å². The van der Waals surface area contributed by atoms with Gasteiger partial charge < -0.3 is 24.4 Å². The van der Waals surface area contributed by atoms with Crippen LogP contribution in [0.5, 0.6) is 17.2 Å². The van der Waals surface area contributed by atoms with E-state index >= 15 is 0 Å². The maximum Gasteiger partial charge on any atom is 0.524 e. The Labute approximate surface area is 243 Å². The molecule has 0 radical (unpaired) electrons. The molecule has 0 aliphatic carbocycles. The molecule has 0 aromatic heterocycles. The minimum Gasteiger partial charge on any atom is -0.484 e. The first-order valence-electron chi connectivity index (χ1n) is 11.9. The molecule has 4 rings (SSSR count). The number of ether oxygens (including phenoxy) is 1. The van der Waals surface area contributed by atoms with E-state index in [1.165, 1.54) is 6.07 Å². The van der Waals surface area contributed by atoms with Crippen molar-refractivity contribution in [2.75, 3.05) is 11.9 Å². The van der Waals surface area contributed by atoms with E-state index in [-0.39, 0.29) is 24.6 Å². The molecule has 220 valence electrons. The molecule has 6 N–H and O–H groups in total. The van der Waals surface area contributed by atoms with Crippen molar-refractivity contribution in [3.05, 3.63) is 95.0 Å². The largest absolute Gasteiger partial charge is 0.524 e. The Balaban J connectivity index is 1.34. The molecule has 16 heteroatoms. The lowest BCUT2D eigenvalue weighted by molar-refractivity contribution is -0.123. The second-order valence-corrected chi connectivity index (χ2v) is 11.5. The highest BCUT2D eigenvalue weighted by molar-refractivity contribution is 7.47. The van der Waals surface area contributed by atoms with Crippen LogP contribution in [0.15, 0.2) is 78.9 Å². The van der Waals surface area contributed by atoms with Crippen molar-refractivity contribution < 1.29 is 52.1 Å². The van der Waals surface area contributed by atoms with E-state index in [1.54, 1.807) is 60.7 Å². The third kappa shape index (κ3) is 9.30. The van der Waals surface area contributed by atoms with E-state index in [0.29, 0.717) is 22.0 Å². The van der Waals surface area contributed by atoms with Gasteiger partial charge in [-0.25, -0.2) is 9.13 Å². The van der Waals surface area contributed by atoms with E-state index < -0.39 is 33.1 Å². The lowest BCUT2D eigenvalue weighted by Gasteiger charge is -2.15. The first-order chi connectivity index (χ1) is 19.7. The first kappa shape index (κ1) is 31.0. The number of phosphoric ester groups is 2. The summed E-state index contributed by atoms with van der Waals surface area (Å²) in [6, 6.07) is 20.4. The van der Waals surface area contributed by atoms with Crippen LogP contribution in [-0.4, -0.2) is 38.0 Å². The average Bonchev–Trinajstić information content (AvgIpc) is 2.90. The Bertz CT molecular complexity index is 1740. The van der Waals surface area contributed by atoms with Gasteiger partial charge in [0.2, 0.25) is 0 Å². The molecule has 4 aromatic rings. The van der Waals surface area contributed by atoms with Gasteiger partial charge in [-0.1, -0.05) is 35.9 Å². The summed E-state index contributed by atoms with van der Waals surface area (Å²) >= 11 is 5.96. The zero-order valence-electron chi connectivity index (χ0n) is 21.3. The number of carbonyl (C=O) groups excluding carboxylic acids is 2. The molecule has 0 saturated heterocycles. The molecular formula is C26H23ClN2O11P2. The highest BCUT2D eigenvalue weighted by Crippen LogP contribution is 2.47. The Morgan fingerprint density at radius 3 is 2.19 bits per heavy atom. The first-order valence-corrected chi connectivity index (χ1v) is 15.3. The number of halogens is 1. The second kappa shape index (κ2) is 12.9. The zero-order chi connectivity index (χ0) is 30.5. The van der Waals surface area contributed by atoms with E-state index in [0.717, 1.165) is 22.9 Å². The van der Waals surface area contributed by atoms with Crippen molar-refractivity contribution in [2.24, 2.45) is 0 Å². The minimum atomic E-state index is -5.09. The number of hydrogen-bond donors (Lipinski definition) is 6. The fourth-order valence-electron chi connectivity index (χ4n) is 3.69. The number of hydrogen-bond acceptors (Lipinski definition) is 7. The van der Waals surface area contributed by atoms with E-state index in [4.69, 9.17) is 35.9 Å². The van der Waals surface area contributed by atoms with E-state index in [9.17, 15) is 18.7 Å². The molecule has 0 bridgehead atoms. The highest BCUT2D eigenvalue weighted by atomic mass is 35.5. The predicted molar refractivity (Wildman–Crippen MR) is 152 cm³/mol. The minimum absolute atomic E-state index is 0.131. The van der Waals surface area contributed by atoms with Crippen LogP contribution in [-0.2, 0) is 20.5 Å². The van der Waals surface area contributed by atoms with Gasteiger partial charge >= 0.3 is 15.6 Å². The fourth-order valence-corrected chi connectivity index (χ4v) is 4.69. The van der Waals surface area contributed by atoms with Gasteiger partial charge in [-0.15, -0.1) is 0 Å². The summed E-state index contributed by atoms with van der Waals surface area (Å²) in [5.74, 6) is -1.67. The lowest BCUT2D eigenvalue weighted by Crippen LogP contribution is -2.28. The van der Waals surface area contributed by atoms with Gasteiger partial charge in [-0.3, -0.25) is 29.2 Å². The van der Waals surface area contributed by atoms with Gasteiger partial charge in [0.1, 0.15) is 5.75 Å². The molecule has 0 spiro atoms. The van der Waals surface area contributed by atoms with Crippen LogP contribution in [0.2, 0.25) is 5.02 Å². The van der Waals surface area contributed by atoms with Gasteiger partial charge in [0.05, 0.1) is 0 Å². The molecule has 2 amide bonds. The molecule has 0 aliphatic rings. The number of benzene rings is 4. The van der Waals surface area contributed by atoms with Gasteiger partial charge in [0.15, 0.2) is 18.1 Å². The molecule has 0 fully saturated rings. The lowest BCUT2D eigenvalue weighted by atomic mass is 10.1. The van der Waals surface area contributed by atoms with Crippen molar-refractivity contribution in [3.63, 3.8) is 0 Å². The summed E-state index contributed by atoms with van der Waals surface area (Å²) in [6.45, 7) is -0.496. The maximum atomic E-state index is 12.6. The van der Waals surface area contributed by atoms with Gasteiger partial charge in [0.25, 0.3) is 11.8 Å². The Morgan fingerprint density at radius 2 is 1.48 bits per heavy atom. The molecule has 0 unspecified atom stereocenters. The van der Waals surface area contributed by atoms with Crippen molar-refractivity contribution in [1.29, 1.82) is 0 Å². The van der Waals surface area contributed by atoms with Crippen LogP contribution in [0.4, 0.5) is 5.69 Å². The van der Waals surface area contributed by atoms with E-state index in [2.05, 4.69) is 19.7 Å². The van der Waals surface area contributed by atoms with Gasteiger partial charge in [0, 0.05) is 22.8 Å². The van der Waals surface area contributed by atoms with Crippen LogP contribution < -0.4 is 24.4 Å². The number of amides is 2. The van der Waals surface area contributed by atoms with Crippen LogP contribution in [0, 0.1) is 0 Å². The summed E-state index contributed by atoms with van der Waals surface area (Å²) in [5.41, 5.74) is 1.28. The third-order valence-corrected chi connectivity index (χ3v) is 6.56. The van der Waals surface area contributed by atoms with Crippen LogP contribution in [0.1, 0.15) is 15.9 Å². The average molecular weight is 637 g/mol. The molecular weight excluding hydrogens is 614 g/mol. The number of fused-ring (bicyclic) bond motifs is 1.